The third-order valence-electron chi connectivity index (χ3n) is 4.31. The Labute approximate surface area is 98.4 Å². The largest absolute Gasteiger partial charge is 0.340 e. The molecular weight excluding hydrogens is 200 g/mol. The number of piperidine rings is 1. The van der Waals surface area contributed by atoms with E-state index in [1.165, 1.54) is 6.42 Å². The molecule has 2 atom stereocenters. The fourth-order valence-corrected chi connectivity index (χ4v) is 2.99. The number of hydrogen-bond donors (Lipinski definition) is 1. The summed E-state index contributed by atoms with van der Waals surface area (Å²) in [5, 5.41) is 0. The Hall–Kier alpha value is -0.570. The van der Waals surface area contributed by atoms with Crippen molar-refractivity contribution >= 4 is 5.91 Å². The molecule has 1 amide bonds. The summed E-state index contributed by atoms with van der Waals surface area (Å²) in [6, 6.07) is 0.403. The van der Waals surface area contributed by atoms with Crippen molar-refractivity contribution in [3.05, 3.63) is 0 Å². The van der Waals surface area contributed by atoms with E-state index in [0.29, 0.717) is 12.5 Å². The first-order valence-electron chi connectivity index (χ1n) is 6.58. The van der Waals surface area contributed by atoms with Gasteiger partial charge in [-0.3, -0.25) is 4.79 Å². The van der Waals surface area contributed by atoms with Crippen molar-refractivity contribution in [1.82, 2.24) is 4.90 Å². The molecule has 0 aromatic rings. The summed E-state index contributed by atoms with van der Waals surface area (Å²) in [4.78, 5) is 14.2. The van der Waals surface area contributed by atoms with Crippen LogP contribution in [0.25, 0.3) is 0 Å². The first-order chi connectivity index (χ1) is 7.50. The van der Waals surface area contributed by atoms with E-state index in [1.807, 2.05) is 4.90 Å². The van der Waals surface area contributed by atoms with Crippen molar-refractivity contribution in [2.75, 3.05) is 6.54 Å². The van der Waals surface area contributed by atoms with Crippen molar-refractivity contribution < 1.29 is 4.79 Å². The minimum Gasteiger partial charge on any atom is -0.340 e. The maximum Gasteiger partial charge on any atom is 0.224 e. The van der Waals surface area contributed by atoms with Gasteiger partial charge in [-0.25, -0.2) is 0 Å². The molecule has 16 heavy (non-hydrogen) atoms. The number of amides is 1. The smallest absolute Gasteiger partial charge is 0.224 e. The maximum absolute atomic E-state index is 12.2. The van der Waals surface area contributed by atoms with Gasteiger partial charge in [0.1, 0.15) is 0 Å². The van der Waals surface area contributed by atoms with Crippen LogP contribution < -0.4 is 5.73 Å². The Kier molecular flexibility index (Phi) is 3.24. The molecule has 2 fully saturated rings. The molecule has 0 aromatic carbocycles. The highest BCUT2D eigenvalue weighted by atomic mass is 16.2. The van der Waals surface area contributed by atoms with Crippen LogP contribution in [0.5, 0.6) is 0 Å². The lowest BCUT2D eigenvalue weighted by atomic mass is 9.75. The summed E-state index contributed by atoms with van der Waals surface area (Å²) in [5.41, 5.74) is 5.97. The number of likely N-dealkylation sites (tertiary alicyclic amines) is 1. The standard InChI is InChI=1S/C13H24N2O/c1-10-4-7-15(11(2)8-10)12(16)9-13(14)5-3-6-13/h10-11H,3-9,14H2,1-2H3. The molecule has 3 nitrogen and oxygen atoms in total. The zero-order valence-corrected chi connectivity index (χ0v) is 10.5. The molecule has 2 aliphatic rings. The lowest BCUT2D eigenvalue weighted by Gasteiger charge is -2.42. The molecule has 92 valence electrons. The van der Waals surface area contributed by atoms with E-state index in [0.717, 1.165) is 38.1 Å². The van der Waals surface area contributed by atoms with Gasteiger partial charge in [0, 0.05) is 24.5 Å². The molecular formula is C13H24N2O. The lowest BCUT2D eigenvalue weighted by molar-refractivity contribution is -0.137. The summed E-state index contributed by atoms with van der Waals surface area (Å²) in [6.45, 7) is 5.36. The molecule has 0 radical (unpaired) electrons. The first kappa shape index (κ1) is 11.9. The number of carbonyl (C=O) groups excluding carboxylic acids is 1. The maximum atomic E-state index is 12.2. The van der Waals surface area contributed by atoms with E-state index >= 15 is 0 Å². The van der Waals surface area contributed by atoms with Crippen molar-refractivity contribution in [1.29, 1.82) is 0 Å². The van der Waals surface area contributed by atoms with Crippen LogP contribution in [0.15, 0.2) is 0 Å². The van der Waals surface area contributed by atoms with Crippen LogP contribution in [-0.2, 0) is 4.79 Å². The Bertz CT molecular complexity index is 273. The highest BCUT2D eigenvalue weighted by Gasteiger charge is 2.37. The first-order valence-corrected chi connectivity index (χ1v) is 6.58. The molecule has 1 aliphatic heterocycles. The molecule has 2 N–H and O–H groups in total. The molecule has 0 spiro atoms. The number of rotatable bonds is 2. The van der Waals surface area contributed by atoms with E-state index in [9.17, 15) is 4.79 Å². The summed E-state index contributed by atoms with van der Waals surface area (Å²) in [7, 11) is 0. The topological polar surface area (TPSA) is 46.3 Å². The molecule has 2 rings (SSSR count). The van der Waals surface area contributed by atoms with Gasteiger partial charge < -0.3 is 10.6 Å². The Balaban J connectivity index is 1.89. The summed E-state index contributed by atoms with van der Waals surface area (Å²) >= 11 is 0. The molecule has 1 saturated heterocycles. The van der Waals surface area contributed by atoms with E-state index in [4.69, 9.17) is 5.73 Å². The van der Waals surface area contributed by atoms with E-state index in [2.05, 4.69) is 13.8 Å². The molecule has 0 bridgehead atoms. The predicted molar refractivity (Wildman–Crippen MR) is 65.0 cm³/mol. The monoisotopic (exact) mass is 224 g/mol. The zero-order chi connectivity index (χ0) is 11.8. The minimum atomic E-state index is -0.167. The van der Waals surface area contributed by atoms with Gasteiger partial charge in [-0.1, -0.05) is 6.92 Å². The third-order valence-corrected chi connectivity index (χ3v) is 4.31. The molecule has 1 heterocycles. The van der Waals surface area contributed by atoms with Gasteiger partial charge in [-0.15, -0.1) is 0 Å². The summed E-state index contributed by atoms with van der Waals surface area (Å²) in [6.07, 6.45) is 6.09. The Morgan fingerprint density at radius 1 is 1.44 bits per heavy atom. The number of nitrogens with two attached hydrogens (primary N) is 1. The Morgan fingerprint density at radius 2 is 2.12 bits per heavy atom. The molecule has 1 aliphatic carbocycles. The second-order valence-electron chi connectivity index (χ2n) is 5.96. The van der Waals surface area contributed by atoms with Gasteiger partial charge in [0.15, 0.2) is 0 Å². The third kappa shape index (κ3) is 2.40. The van der Waals surface area contributed by atoms with Crippen molar-refractivity contribution in [2.24, 2.45) is 11.7 Å². The van der Waals surface area contributed by atoms with E-state index < -0.39 is 0 Å². The predicted octanol–water partition coefficient (Wildman–Crippen LogP) is 1.90. The lowest BCUT2D eigenvalue weighted by Crippen LogP contribution is -2.53. The molecule has 3 heteroatoms. The van der Waals surface area contributed by atoms with E-state index in [-0.39, 0.29) is 11.4 Å². The average molecular weight is 224 g/mol. The van der Waals surface area contributed by atoms with Crippen LogP contribution in [0.3, 0.4) is 0 Å². The number of carbonyl (C=O) groups is 1. The molecule has 2 unspecified atom stereocenters. The highest BCUT2D eigenvalue weighted by molar-refractivity contribution is 5.78. The zero-order valence-electron chi connectivity index (χ0n) is 10.5. The quantitative estimate of drug-likeness (QED) is 0.778. The van der Waals surface area contributed by atoms with Crippen LogP contribution in [0.4, 0.5) is 0 Å². The second-order valence-corrected chi connectivity index (χ2v) is 5.96. The van der Waals surface area contributed by atoms with Gasteiger partial charge in [0.25, 0.3) is 0 Å². The highest BCUT2D eigenvalue weighted by Crippen LogP contribution is 2.33. The van der Waals surface area contributed by atoms with Crippen LogP contribution in [-0.4, -0.2) is 28.9 Å². The van der Waals surface area contributed by atoms with Crippen LogP contribution in [0.2, 0.25) is 0 Å². The van der Waals surface area contributed by atoms with Gasteiger partial charge in [0.2, 0.25) is 5.91 Å². The van der Waals surface area contributed by atoms with Crippen LogP contribution >= 0.6 is 0 Å². The van der Waals surface area contributed by atoms with Gasteiger partial charge >= 0.3 is 0 Å². The van der Waals surface area contributed by atoms with E-state index in [1.54, 1.807) is 0 Å². The Morgan fingerprint density at radius 3 is 2.62 bits per heavy atom. The van der Waals surface area contributed by atoms with Gasteiger partial charge in [-0.05, 0) is 44.9 Å². The van der Waals surface area contributed by atoms with Crippen molar-refractivity contribution in [3.63, 3.8) is 0 Å². The minimum absolute atomic E-state index is 0.167. The van der Waals surface area contributed by atoms with Crippen LogP contribution in [0, 0.1) is 5.92 Å². The molecule has 1 saturated carbocycles. The van der Waals surface area contributed by atoms with Crippen molar-refractivity contribution in [3.8, 4) is 0 Å². The summed E-state index contributed by atoms with van der Waals surface area (Å²) in [5.74, 6) is 1.04. The SMILES string of the molecule is CC1CCN(C(=O)CC2(N)CCC2)C(C)C1. The van der Waals surface area contributed by atoms with Crippen molar-refractivity contribution in [2.45, 2.75) is 64.0 Å². The number of hydrogen-bond acceptors (Lipinski definition) is 2. The van der Waals surface area contributed by atoms with Gasteiger partial charge in [0.05, 0.1) is 0 Å². The number of nitrogens with zero attached hydrogens (tertiary/aromatic N) is 1. The average Bonchev–Trinajstić information content (AvgIpc) is 2.14. The van der Waals surface area contributed by atoms with Crippen LogP contribution in [0.1, 0.15) is 52.4 Å². The van der Waals surface area contributed by atoms with Gasteiger partial charge in [-0.2, -0.15) is 0 Å². The fourth-order valence-electron chi connectivity index (χ4n) is 2.99. The summed E-state index contributed by atoms with van der Waals surface area (Å²) < 4.78 is 0. The second kappa shape index (κ2) is 4.36. The molecule has 0 aromatic heterocycles. The fraction of sp³-hybridized carbons (Fsp3) is 0.923. The normalized spacial score (nSPS) is 33.3.